The van der Waals surface area contributed by atoms with Gasteiger partial charge < -0.3 is 42.1 Å². The second kappa shape index (κ2) is 46.8. The van der Waals surface area contributed by atoms with E-state index in [9.17, 15) is 18.9 Å². The lowest BCUT2D eigenvalue weighted by atomic mass is 10.0. The molecule has 0 aliphatic heterocycles. The Morgan fingerprint density at radius 2 is 0.583 bits per heavy atom. The SMILES string of the molecule is CCCCCCCCCCCCCCCC[N+](C)(C)C.CCCCCCCCCCCCCCCC[N+](C)(C)C.CN(C)C.O=P([O-])(O)Oc1ccccc1.O=P([O-])(Oc1ccccc1)Oc1ccccc1. The highest BCUT2D eigenvalue weighted by atomic mass is 31.2. The number of hydrogen-bond acceptors (Lipinski definition) is 8. The molecule has 0 spiro atoms. The van der Waals surface area contributed by atoms with Gasteiger partial charge in [0.2, 0.25) is 0 Å². The van der Waals surface area contributed by atoms with E-state index in [0.717, 1.165) is 8.97 Å². The minimum absolute atomic E-state index is 0.105. The Labute approximate surface area is 443 Å². The summed E-state index contributed by atoms with van der Waals surface area (Å²) in [5.41, 5.74) is 0. The molecule has 0 fully saturated rings. The van der Waals surface area contributed by atoms with Crippen molar-refractivity contribution in [1.29, 1.82) is 0 Å². The molecule has 13 heteroatoms. The average Bonchev–Trinajstić information content (AvgIpc) is 3.29. The minimum atomic E-state index is -4.64. The minimum Gasteiger partial charge on any atom is -0.746 e. The molecule has 0 aliphatic carbocycles. The van der Waals surface area contributed by atoms with E-state index in [4.69, 9.17) is 13.9 Å². The molecule has 3 aromatic carbocycles. The monoisotopic (exact) mass is 1050 g/mol. The van der Waals surface area contributed by atoms with Crippen LogP contribution in [0.1, 0.15) is 194 Å². The molecule has 11 nitrogen and oxygen atoms in total. The third-order valence-corrected chi connectivity index (χ3v) is 12.6. The molecule has 418 valence electrons. The third kappa shape index (κ3) is 59.8. The fraction of sp³-hybridized carbons (Fsp3) is 0.695. The summed E-state index contributed by atoms with van der Waals surface area (Å²) in [6, 6.07) is 24.2. The van der Waals surface area contributed by atoms with Crippen LogP contribution in [0.15, 0.2) is 91.0 Å². The van der Waals surface area contributed by atoms with Crippen molar-refractivity contribution >= 4 is 15.6 Å². The predicted octanol–water partition coefficient (Wildman–Crippen LogP) is 15.7. The van der Waals surface area contributed by atoms with Gasteiger partial charge in [0.15, 0.2) is 0 Å². The van der Waals surface area contributed by atoms with Crippen molar-refractivity contribution in [3.63, 3.8) is 0 Å². The van der Waals surface area contributed by atoms with E-state index >= 15 is 0 Å². The highest BCUT2D eigenvalue weighted by molar-refractivity contribution is 7.46. The van der Waals surface area contributed by atoms with Crippen LogP contribution in [0.3, 0.4) is 0 Å². The van der Waals surface area contributed by atoms with E-state index in [1.807, 2.05) is 26.0 Å². The summed E-state index contributed by atoms with van der Waals surface area (Å²) < 4.78 is 37.7. The number of phosphoric acid groups is 2. The van der Waals surface area contributed by atoms with Gasteiger partial charge in [-0.15, -0.1) is 0 Å². The summed E-state index contributed by atoms with van der Waals surface area (Å²) in [6.07, 6.45) is 40.7. The summed E-state index contributed by atoms with van der Waals surface area (Å²) in [5.74, 6) is 0.553. The molecule has 72 heavy (non-hydrogen) atoms. The fourth-order valence-corrected chi connectivity index (χ4v) is 8.60. The Hall–Kier alpha value is -2.72. The van der Waals surface area contributed by atoms with Crippen molar-refractivity contribution in [2.45, 2.75) is 194 Å². The van der Waals surface area contributed by atoms with Crippen molar-refractivity contribution in [2.24, 2.45) is 0 Å². The van der Waals surface area contributed by atoms with Gasteiger partial charge in [0.1, 0.15) is 17.2 Å². The summed E-state index contributed by atoms with van der Waals surface area (Å²) in [6.45, 7) is 7.25. The first-order valence-electron chi connectivity index (χ1n) is 27.9. The summed E-state index contributed by atoms with van der Waals surface area (Å²) in [7, 11) is 10.7. The third-order valence-electron chi connectivity index (χ3n) is 11.2. The maximum atomic E-state index is 11.6. The van der Waals surface area contributed by atoms with Gasteiger partial charge in [0.25, 0.3) is 0 Å². The summed E-state index contributed by atoms with van der Waals surface area (Å²) in [4.78, 5) is 32.0. The zero-order chi connectivity index (χ0) is 54.3. The van der Waals surface area contributed by atoms with Crippen molar-refractivity contribution in [3.05, 3.63) is 91.0 Å². The number of hydrogen-bond donors (Lipinski definition) is 1. The maximum Gasteiger partial charge on any atom is 0.372 e. The lowest BCUT2D eigenvalue weighted by Gasteiger charge is -2.23. The number of rotatable bonds is 36. The Morgan fingerprint density at radius 3 is 0.778 bits per heavy atom. The Balaban J connectivity index is 0. The van der Waals surface area contributed by atoms with Crippen molar-refractivity contribution in [1.82, 2.24) is 4.90 Å². The molecule has 0 aliphatic rings. The number of nitrogens with zero attached hydrogens (tertiary/aromatic N) is 3. The summed E-state index contributed by atoms with van der Waals surface area (Å²) >= 11 is 0. The average molecular weight is 1050 g/mol. The molecular formula is C59H109N3O8P2. The lowest BCUT2D eigenvalue weighted by Crippen LogP contribution is -2.35. The second-order valence-electron chi connectivity index (χ2n) is 21.7. The van der Waals surface area contributed by atoms with Crippen molar-refractivity contribution < 1.29 is 46.3 Å². The molecule has 1 atom stereocenters. The Bertz CT molecular complexity index is 1580. The van der Waals surface area contributed by atoms with Crippen LogP contribution in [0.25, 0.3) is 0 Å². The van der Waals surface area contributed by atoms with E-state index in [1.165, 1.54) is 205 Å². The van der Waals surface area contributed by atoms with E-state index in [2.05, 4.69) is 60.7 Å². The van der Waals surface area contributed by atoms with Crippen LogP contribution in [-0.2, 0) is 9.13 Å². The largest absolute Gasteiger partial charge is 0.746 e. The molecule has 0 amide bonds. The summed E-state index contributed by atoms with van der Waals surface area (Å²) in [5, 5.41) is 0. The van der Waals surface area contributed by atoms with Gasteiger partial charge in [-0.3, -0.25) is 4.57 Å². The molecule has 0 aromatic heterocycles. The van der Waals surface area contributed by atoms with Crippen LogP contribution in [0, 0.1) is 0 Å². The zero-order valence-corrected chi connectivity index (χ0v) is 49.7. The highest BCUT2D eigenvalue weighted by Gasteiger charge is 2.13. The van der Waals surface area contributed by atoms with E-state index < -0.39 is 15.6 Å². The number of phosphoric ester groups is 2. The van der Waals surface area contributed by atoms with Crippen LogP contribution < -0.4 is 23.4 Å². The molecule has 0 saturated heterocycles. The predicted molar refractivity (Wildman–Crippen MR) is 305 cm³/mol. The van der Waals surface area contributed by atoms with Crippen LogP contribution in [0.5, 0.6) is 17.2 Å². The van der Waals surface area contributed by atoms with Gasteiger partial charge in [-0.1, -0.05) is 223 Å². The van der Waals surface area contributed by atoms with Gasteiger partial charge in [-0.2, -0.15) is 0 Å². The van der Waals surface area contributed by atoms with Crippen molar-refractivity contribution in [2.75, 3.05) is 76.5 Å². The normalized spacial score (nSPS) is 12.1. The molecule has 3 aromatic rings. The maximum absolute atomic E-state index is 11.6. The standard InChI is InChI=1S/2C19H42N.C12H11O4P.C6H7O4P.C3H9N/c2*1-5-6-7-8-9-10-11-12-13-14-15-16-17-18-19-20(2,3)4;13-17(14,15-11-7-3-1-4-8-11)16-12-9-5-2-6-10-12;7-11(8,9)10-6-4-2-1-3-5-6;1-4(2)3/h2*5-19H2,1-4H3;1-10H,(H,13,14);1-5H,(H2,7,8,9);1-3H3/q2*+1;;;/p-2. The Morgan fingerprint density at radius 1 is 0.389 bits per heavy atom. The Kier molecular flexibility index (Phi) is 46.4. The quantitative estimate of drug-likeness (QED) is 0.0343. The fourth-order valence-electron chi connectivity index (χ4n) is 7.42. The molecule has 0 heterocycles. The van der Waals surface area contributed by atoms with E-state index in [-0.39, 0.29) is 17.2 Å². The van der Waals surface area contributed by atoms with Gasteiger partial charge in [-0.25, -0.2) is 4.57 Å². The number of benzene rings is 3. The van der Waals surface area contributed by atoms with Gasteiger partial charge in [0.05, 0.1) is 55.4 Å². The zero-order valence-electron chi connectivity index (χ0n) is 47.9. The van der Waals surface area contributed by atoms with Crippen LogP contribution in [-0.4, -0.2) is 95.3 Å². The number of unbranched alkanes of at least 4 members (excludes halogenated alkanes) is 26. The lowest BCUT2D eigenvalue weighted by molar-refractivity contribution is -0.870. The van der Waals surface area contributed by atoms with Gasteiger partial charge >= 0.3 is 15.6 Å². The van der Waals surface area contributed by atoms with Gasteiger partial charge in [-0.05, 0) is 83.2 Å². The molecular weight excluding hydrogens is 941 g/mol. The molecule has 0 saturated carbocycles. The number of para-hydroxylation sites is 3. The molecule has 3 rings (SSSR count). The topological polar surface area (TPSA) is 131 Å². The first-order chi connectivity index (χ1) is 34.1. The molecule has 1 N–H and O–H groups in total. The molecule has 1 unspecified atom stereocenters. The van der Waals surface area contributed by atoms with Crippen LogP contribution in [0.4, 0.5) is 0 Å². The van der Waals surface area contributed by atoms with Crippen molar-refractivity contribution in [3.8, 4) is 17.2 Å². The first kappa shape index (κ1) is 71.4. The first-order valence-corrected chi connectivity index (χ1v) is 30.9. The van der Waals surface area contributed by atoms with Crippen LogP contribution >= 0.6 is 15.6 Å². The second-order valence-corrected chi connectivity index (χ2v) is 24.1. The van der Waals surface area contributed by atoms with Crippen LogP contribution in [0.2, 0.25) is 0 Å². The molecule has 0 radical (unpaired) electrons. The molecule has 0 bridgehead atoms. The highest BCUT2D eigenvalue weighted by Crippen LogP contribution is 2.40. The number of quaternary nitrogens is 2. The van der Waals surface area contributed by atoms with E-state index in [0.29, 0.717) is 0 Å². The smallest absolute Gasteiger partial charge is 0.372 e. The van der Waals surface area contributed by atoms with E-state index in [1.54, 1.807) is 78.9 Å². The van der Waals surface area contributed by atoms with Gasteiger partial charge in [0, 0.05) is 0 Å².